The highest BCUT2D eigenvalue weighted by Gasteiger charge is 2.16. The number of hydrogen-bond donors (Lipinski definition) is 0. The van der Waals surface area contributed by atoms with Crippen molar-refractivity contribution in [3.63, 3.8) is 0 Å². The number of hydrogen-bond acceptors (Lipinski definition) is 5. The lowest BCUT2D eigenvalue weighted by Crippen LogP contribution is -2.68. The van der Waals surface area contributed by atoms with E-state index >= 15 is 0 Å². The van der Waals surface area contributed by atoms with Crippen LogP contribution in [0.4, 0.5) is 0 Å². The summed E-state index contributed by atoms with van der Waals surface area (Å²) in [4.78, 5) is 11.4. The Balaban J connectivity index is 0.000000500. The highest BCUT2D eigenvalue weighted by atomic mass is 35.7. The number of aryl methyl sites for hydroxylation is 2. The number of ketones is 1. The minimum atomic E-state index is -4.94. The number of benzene rings is 2. The van der Waals surface area contributed by atoms with Crippen LogP contribution >= 0.6 is 0 Å². The van der Waals surface area contributed by atoms with Crippen LogP contribution in [0.2, 0.25) is 0 Å². The van der Waals surface area contributed by atoms with Gasteiger partial charge in [-0.2, -0.15) is 4.57 Å². The zero-order chi connectivity index (χ0) is 20.9. The number of aromatic nitrogens is 1. The summed E-state index contributed by atoms with van der Waals surface area (Å²) >= 11 is 0. The van der Waals surface area contributed by atoms with Gasteiger partial charge in [-0.25, -0.2) is 18.6 Å². The molecule has 146 valence electrons. The normalized spacial score (nSPS) is 10.8. The lowest BCUT2D eigenvalue weighted by molar-refractivity contribution is -2.00. The van der Waals surface area contributed by atoms with Crippen molar-refractivity contribution >= 4 is 5.78 Å². The highest BCUT2D eigenvalue weighted by Crippen LogP contribution is 2.20. The maximum absolute atomic E-state index is 11.4. The molecule has 6 nitrogen and oxygen atoms in total. The third kappa shape index (κ3) is 6.23. The molecule has 0 aliphatic carbocycles. The maximum atomic E-state index is 11.4. The number of pyridine rings is 1. The molecule has 7 heteroatoms. The van der Waals surface area contributed by atoms with Gasteiger partial charge in [0.2, 0.25) is 5.69 Å². The molecule has 0 spiro atoms. The fourth-order valence-electron chi connectivity index (χ4n) is 2.95. The third-order valence-corrected chi connectivity index (χ3v) is 4.07. The van der Waals surface area contributed by atoms with E-state index in [0.29, 0.717) is 0 Å². The number of nitrogens with zero attached hydrogens (tertiary/aromatic N) is 1. The van der Waals surface area contributed by atoms with Gasteiger partial charge in [0.25, 0.3) is 0 Å². The average molecular weight is 402 g/mol. The van der Waals surface area contributed by atoms with Gasteiger partial charge in [-0.3, -0.25) is 4.79 Å². The third-order valence-electron chi connectivity index (χ3n) is 4.07. The SMILES string of the molecule is CC(=O)c1ccc(-[n+]2c(C)cc(-c3ccccc3)cc2C)cc1.[O-][Cl+3]([O-])([O-])[O-]. The molecule has 1 aromatic heterocycles. The first-order valence-corrected chi connectivity index (χ1v) is 9.61. The smallest absolute Gasteiger partial charge is 0.211 e. The van der Waals surface area contributed by atoms with Gasteiger partial charge in [-0.15, -0.1) is 10.2 Å². The first-order chi connectivity index (χ1) is 13.1. The van der Waals surface area contributed by atoms with Crippen LogP contribution in [0.25, 0.3) is 16.8 Å². The van der Waals surface area contributed by atoms with Crippen LogP contribution < -0.4 is 23.2 Å². The molecular weight excluding hydrogens is 382 g/mol. The van der Waals surface area contributed by atoms with E-state index in [9.17, 15) is 4.79 Å². The molecule has 0 radical (unpaired) electrons. The largest absolute Gasteiger partial charge is 0.295 e. The molecule has 0 aliphatic heterocycles. The number of carbonyl (C=O) groups is 1. The predicted octanol–water partition coefficient (Wildman–Crippen LogP) is -0.306. The van der Waals surface area contributed by atoms with Crippen LogP contribution in [0.3, 0.4) is 0 Å². The Kier molecular flexibility index (Phi) is 7.01. The Morgan fingerprint density at radius 2 is 1.25 bits per heavy atom. The number of rotatable bonds is 3. The summed E-state index contributed by atoms with van der Waals surface area (Å²) in [6.07, 6.45) is 0. The van der Waals surface area contributed by atoms with E-state index in [2.05, 4.69) is 54.8 Å². The van der Waals surface area contributed by atoms with E-state index in [-0.39, 0.29) is 5.78 Å². The zero-order valence-corrected chi connectivity index (χ0v) is 16.5. The molecule has 0 bridgehead atoms. The molecular formula is C21H20ClNO5. The summed E-state index contributed by atoms with van der Waals surface area (Å²) in [7, 11) is -4.94. The number of halogens is 1. The van der Waals surface area contributed by atoms with Crippen LogP contribution in [0.15, 0.2) is 66.7 Å². The minimum Gasteiger partial charge on any atom is -0.295 e. The summed E-state index contributed by atoms with van der Waals surface area (Å²) in [6, 6.07) is 22.6. The molecule has 0 saturated heterocycles. The molecule has 0 N–H and O–H groups in total. The van der Waals surface area contributed by atoms with Crippen molar-refractivity contribution in [2.75, 3.05) is 0 Å². The Morgan fingerprint density at radius 1 is 0.786 bits per heavy atom. The Morgan fingerprint density at radius 3 is 1.68 bits per heavy atom. The van der Waals surface area contributed by atoms with Gasteiger partial charge in [-0.1, -0.05) is 30.3 Å². The van der Waals surface area contributed by atoms with Gasteiger partial charge < -0.3 is 0 Å². The quantitative estimate of drug-likeness (QED) is 0.441. The molecule has 3 aromatic rings. The monoisotopic (exact) mass is 401 g/mol. The van der Waals surface area contributed by atoms with Gasteiger partial charge in [0.1, 0.15) is 0 Å². The van der Waals surface area contributed by atoms with Crippen LogP contribution in [-0.2, 0) is 0 Å². The fraction of sp³-hybridized carbons (Fsp3) is 0.143. The van der Waals surface area contributed by atoms with E-state index in [1.54, 1.807) is 6.92 Å². The maximum Gasteiger partial charge on any atom is 0.211 e. The van der Waals surface area contributed by atoms with E-state index in [1.165, 1.54) is 22.5 Å². The van der Waals surface area contributed by atoms with Gasteiger partial charge in [0.15, 0.2) is 17.2 Å². The molecule has 0 amide bonds. The minimum absolute atomic E-state index is 0.0921. The summed E-state index contributed by atoms with van der Waals surface area (Å²) < 4.78 is 36.2. The molecule has 0 unspecified atom stereocenters. The van der Waals surface area contributed by atoms with E-state index in [0.717, 1.165) is 11.3 Å². The van der Waals surface area contributed by atoms with Crippen molar-refractivity contribution in [1.82, 2.24) is 0 Å². The lowest BCUT2D eigenvalue weighted by Gasteiger charge is -2.17. The number of Topliss-reactive ketones (excluding diaryl/α,β-unsaturated/α-hetero) is 1. The first kappa shape index (κ1) is 21.7. The molecule has 1 heterocycles. The van der Waals surface area contributed by atoms with Crippen molar-refractivity contribution in [3.05, 3.63) is 83.7 Å². The topological polar surface area (TPSA) is 113 Å². The second-order valence-electron chi connectivity index (χ2n) is 6.21. The van der Waals surface area contributed by atoms with Crippen molar-refractivity contribution in [2.24, 2.45) is 0 Å². The standard InChI is InChI=1S/C21H20NO.ClHO4/c1-15-13-20(19-7-5-4-6-8-19)14-16(2)22(15)21-11-9-18(10-12-21)17(3)23;2-1(3,4)5/h4-14H,1-3H3;(H,2,3,4,5)/q+1;/p-1. The molecule has 0 aliphatic rings. The summed E-state index contributed by atoms with van der Waals surface area (Å²) in [5.41, 5.74) is 6.59. The second-order valence-corrected chi connectivity index (χ2v) is 6.97. The predicted molar refractivity (Wildman–Crippen MR) is 92.9 cm³/mol. The Hall–Kier alpha value is -2.61. The number of carbonyl (C=O) groups excluding carboxylic acids is 1. The fourth-order valence-corrected chi connectivity index (χ4v) is 2.95. The zero-order valence-electron chi connectivity index (χ0n) is 15.7. The Labute approximate surface area is 165 Å². The molecule has 0 atom stereocenters. The van der Waals surface area contributed by atoms with Crippen molar-refractivity contribution in [1.29, 1.82) is 0 Å². The molecule has 3 rings (SSSR count). The van der Waals surface area contributed by atoms with Crippen molar-refractivity contribution < 1.29 is 38.2 Å². The van der Waals surface area contributed by atoms with Crippen molar-refractivity contribution in [2.45, 2.75) is 20.8 Å². The lowest BCUT2D eigenvalue weighted by atomic mass is 10.0. The van der Waals surface area contributed by atoms with E-state index in [4.69, 9.17) is 18.6 Å². The molecule has 28 heavy (non-hydrogen) atoms. The van der Waals surface area contributed by atoms with Gasteiger partial charge in [-0.05, 0) is 30.2 Å². The first-order valence-electron chi connectivity index (χ1n) is 8.38. The summed E-state index contributed by atoms with van der Waals surface area (Å²) in [6.45, 7) is 5.81. The van der Waals surface area contributed by atoms with E-state index < -0.39 is 10.2 Å². The highest BCUT2D eigenvalue weighted by molar-refractivity contribution is 5.94. The van der Waals surface area contributed by atoms with Gasteiger partial charge >= 0.3 is 0 Å². The van der Waals surface area contributed by atoms with Crippen LogP contribution in [-0.4, -0.2) is 5.78 Å². The molecule has 0 fully saturated rings. The average Bonchev–Trinajstić information content (AvgIpc) is 2.61. The molecule has 0 saturated carbocycles. The van der Waals surface area contributed by atoms with Gasteiger partial charge in [0.05, 0.1) is 0 Å². The summed E-state index contributed by atoms with van der Waals surface area (Å²) in [5, 5.41) is 0. The van der Waals surface area contributed by atoms with E-state index in [1.807, 2.05) is 30.3 Å². The van der Waals surface area contributed by atoms with Crippen LogP contribution in [0.1, 0.15) is 28.7 Å². The molecule has 2 aromatic carbocycles. The van der Waals surface area contributed by atoms with Crippen molar-refractivity contribution in [3.8, 4) is 16.8 Å². The van der Waals surface area contributed by atoms with Crippen LogP contribution in [0, 0.1) is 24.1 Å². The Bertz CT molecular complexity index is 922. The van der Waals surface area contributed by atoms with Crippen LogP contribution in [0.5, 0.6) is 0 Å². The summed E-state index contributed by atoms with van der Waals surface area (Å²) in [5.74, 6) is 0.0921. The van der Waals surface area contributed by atoms with Gasteiger partial charge in [0, 0.05) is 43.7 Å². The second kappa shape index (κ2) is 9.05.